The summed E-state index contributed by atoms with van der Waals surface area (Å²) in [6, 6.07) is 12.7. The number of carbonyl (C=O) groups is 2. The van der Waals surface area contributed by atoms with Crippen LogP contribution >= 0.6 is 11.3 Å². The number of rotatable bonds is 11. The van der Waals surface area contributed by atoms with E-state index in [1.165, 1.54) is 14.2 Å². The molecule has 0 radical (unpaired) electrons. The van der Waals surface area contributed by atoms with Crippen LogP contribution < -0.4 is 18.9 Å². The lowest BCUT2D eigenvalue weighted by molar-refractivity contribution is 0.111. The maximum Gasteiger partial charge on any atom is 0.227 e. The Morgan fingerprint density at radius 2 is 1.35 bits per heavy atom. The van der Waals surface area contributed by atoms with E-state index in [1.54, 1.807) is 35.6 Å². The molecule has 0 fully saturated rings. The molecule has 9 heteroatoms. The molecule has 0 amide bonds. The van der Waals surface area contributed by atoms with Crippen LogP contribution in [0.1, 0.15) is 42.3 Å². The largest absolute Gasteiger partial charge is 0.480 e. The average molecular weight is 519 g/mol. The Hall–Kier alpha value is -4.24. The summed E-state index contributed by atoms with van der Waals surface area (Å²) in [6.45, 7) is 4.80. The number of aldehydes is 2. The van der Waals surface area contributed by atoms with Gasteiger partial charge in [0.15, 0.2) is 12.6 Å². The van der Waals surface area contributed by atoms with Gasteiger partial charge < -0.3 is 18.9 Å². The Labute approximate surface area is 218 Å². The lowest BCUT2D eigenvalue weighted by Crippen LogP contribution is -2.02. The second-order valence-corrected chi connectivity index (χ2v) is 9.06. The predicted molar refractivity (Wildman–Crippen MR) is 140 cm³/mol. The molecule has 0 bridgehead atoms. The molecule has 4 aromatic rings. The number of pyridine rings is 2. The van der Waals surface area contributed by atoms with Crippen molar-refractivity contribution in [3.8, 4) is 34.6 Å². The topological polar surface area (TPSA) is 96.8 Å². The van der Waals surface area contributed by atoms with Gasteiger partial charge in [0, 0.05) is 17.0 Å². The second-order valence-electron chi connectivity index (χ2n) is 8.10. The molecule has 3 heterocycles. The molecule has 4 rings (SSSR count). The van der Waals surface area contributed by atoms with Crippen LogP contribution in [0.25, 0.3) is 11.1 Å². The molecule has 0 saturated carbocycles. The molecule has 3 aromatic heterocycles. The zero-order valence-electron chi connectivity index (χ0n) is 20.9. The van der Waals surface area contributed by atoms with E-state index in [-0.39, 0.29) is 11.8 Å². The summed E-state index contributed by atoms with van der Waals surface area (Å²) in [5.74, 6) is 1.23. The maximum absolute atomic E-state index is 11.1. The van der Waals surface area contributed by atoms with Gasteiger partial charge in [0.25, 0.3) is 0 Å². The molecule has 0 N–H and O–H groups in total. The summed E-state index contributed by atoms with van der Waals surface area (Å²) in [5, 5.41) is 2.12. The molecule has 0 unspecified atom stereocenters. The van der Waals surface area contributed by atoms with Crippen molar-refractivity contribution >= 4 is 23.9 Å². The standard InChI is InChI=1S/C28H26N2O6S/c1-17-21(14-35-25-10-8-19(12-31)27(29-25)33-3)6-5-7-22(17)23-16-37-24(18(23)2)15-36-26-11-9-20(13-32)28(30-26)34-4/h5-13,16H,14-15H2,1-4H3. The third-order valence-corrected chi connectivity index (χ3v) is 7.04. The van der Waals surface area contributed by atoms with Crippen LogP contribution in [-0.2, 0) is 13.2 Å². The van der Waals surface area contributed by atoms with E-state index >= 15 is 0 Å². The van der Waals surface area contributed by atoms with E-state index in [0.717, 1.165) is 32.7 Å². The van der Waals surface area contributed by atoms with Crippen molar-refractivity contribution in [1.82, 2.24) is 9.97 Å². The molecule has 0 spiro atoms. The van der Waals surface area contributed by atoms with Crippen molar-refractivity contribution in [3.63, 3.8) is 0 Å². The average Bonchev–Trinajstić information content (AvgIpc) is 3.30. The summed E-state index contributed by atoms with van der Waals surface area (Å²) in [6.07, 6.45) is 1.39. The van der Waals surface area contributed by atoms with Gasteiger partial charge in [-0.3, -0.25) is 9.59 Å². The molecule has 0 aliphatic carbocycles. The van der Waals surface area contributed by atoms with Crippen LogP contribution in [0.5, 0.6) is 23.5 Å². The first kappa shape index (κ1) is 25.8. The highest BCUT2D eigenvalue weighted by molar-refractivity contribution is 7.10. The number of benzene rings is 1. The van der Waals surface area contributed by atoms with Crippen LogP contribution in [0.4, 0.5) is 0 Å². The lowest BCUT2D eigenvalue weighted by atomic mass is 9.96. The van der Waals surface area contributed by atoms with E-state index in [0.29, 0.717) is 48.7 Å². The zero-order valence-corrected chi connectivity index (χ0v) is 21.8. The molecule has 0 saturated heterocycles. The smallest absolute Gasteiger partial charge is 0.227 e. The maximum atomic E-state index is 11.1. The predicted octanol–water partition coefficient (Wildman–Crippen LogP) is 5.62. The normalized spacial score (nSPS) is 10.6. The molecular formula is C28H26N2O6S. The molecule has 1 aromatic carbocycles. The van der Waals surface area contributed by atoms with Crippen molar-refractivity contribution in [1.29, 1.82) is 0 Å². The number of thiophene rings is 1. The monoisotopic (exact) mass is 518 g/mol. The van der Waals surface area contributed by atoms with Gasteiger partial charge in [-0.05, 0) is 59.2 Å². The molecule has 0 aliphatic rings. The Balaban J connectivity index is 1.49. The van der Waals surface area contributed by atoms with Crippen LogP contribution in [0.15, 0.2) is 47.8 Å². The van der Waals surface area contributed by atoms with Crippen molar-refractivity contribution in [3.05, 3.63) is 80.5 Å². The highest BCUT2D eigenvalue weighted by Crippen LogP contribution is 2.35. The fraction of sp³-hybridized carbons (Fsp3) is 0.214. The minimum atomic E-state index is 0.231. The van der Waals surface area contributed by atoms with E-state index in [1.807, 2.05) is 12.1 Å². The molecule has 8 nitrogen and oxygen atoms in total. The van der Waals surface area contributed by atoms with Gasteiger partial charge in [-0.15, -0.1) is 11.3 Å². The fourth-order valence-corrected chi connectivity index (χ4v) is 4.80. The first-order chi connectivity index (χ1) is 18.0. The van der Waals surface area contributed by atoms with Crippen LogP contribution in [0, 0.1) is 13.8 Å². The summed E-state index contributed by atoms with van der Waals surface area (Å²) >= 11 is 1.62. The Morgan fingerprint density at radius 3 is 1.92 bits per heavy atom. The van der Waals surface area contributed by atoms with Gasteiger partial charge in [-0.2, -0.15) is 9.97 Å². The third kappa shape index (κ3) is 5.62. The first-order valence-electron chi connectivity index (χ1n) is 11.4. The summed E-state index contributed by atoms with van der Waals surface area (Å²) in [4.78, 5) is 31.8. The van der Waals surface area contributed by atoms with E-state index < -0.39 is 0 Å². The van der Waals surface area contributed by atoms with Crippen LogP contribution in [0.2, 0.25) is 0 Å². The number of hydrogen-bond acceptors (Lipinski definition) is 9. The van der Waals surface area contributed by atoms with Crippen molar-refractivity contribution in [2.75, 3.05) is 14.2 Å². The van der Waals surface area contributed by atoms with Crippen molar-refractivity contribution < 1.29 is 28.5 Å². The fourth-order valence-electron chi connectivity index (χ4n) is 3.82. The Bertz CT molecular complexity index is 1430. The molecule has 190 valence electrons. The number of aromatic nitrogens is 2. The quantitative estimate of drug-likeness (QED) is 0.236. The van der Waals surface area contributed by atoms with Gasteiger partial charge in [-0.1, -0.05) is 18.2 Å². The van der Waals surface area contributed by atoms with Crippen molar-refractivity contribution in [2.45, 2.75) is 27.1 Å². The SMILES string of the molecule is COc1nc(OCc2cccc(-c3csc(COc4ccc(C=O)c(OC)n4)c3C)c2C)ccc1C=O. The molecule has 37 heavy (non-hydrogen) atoms. The first-order valence-corrected chi connectivity index (χ1v) is 12.3. The highest BCUT2D eigenvalue weighted by atomic mass is 32.1. The van der Waals surface area contributed by atoms with Gasteiger partial charge in [0.1, 0.15) is 13.2 Å². The number of methoxy groups -OCH3 is 2. The minimum Gasteiger partial charge on any atom is -0.480 e. The third-order valence-electron chi connectivity index (χ3n) is 5.97. The van der Waals surface area contributed by atoms with Crippen molar-refractivity contribution in [2.24, 2.45) is 0 Å². The Morgan fingerprint density at radius 1 is 0.757 bits per heavy atom. The number of hydrogen-bond donors (Lipinski definition) is 0. The minimum absolute atomic E-state index is 0.231. The lowest BCUT2D eigenvalue weighted by Gasteiger charge is -2.13. The van der Waals surface area contributed by atoms with Gasteiger partial charge in [0.05, 0.1) is 25.3 Å². The summed E-state index contributed by atoms with van der Waals surface area (Å²) in [5.41, 5.74) is 6.22. The van der Waals surface area contributed by atoms with Crippen LogP contribution in [-0.4, -0.2) is 36.8 Å². The molecular weight excluding hydrogens is 492 g/mol. The van der Waals surface area contributed by atoms with Gasteiger partial charge >= 0.3 is 0 Å². The van der Waals surface area contributed by atoms with E-state index in [4.69, 9.17) is 18.9 Å². The number of nitrogens with zero attached hydrogens (tertiary/aromatic N) is 2. The highest BCUT2D eigenvalue weighted by Gasteiger charge is 2.15. The Kier molecular flexibility index (Phi) is 8.15. The second kappa shape index (κ2) is 11.7. The van der Waals surface area contributed by atoms with E-state index in [9.17, 15) is 9.59 Å². The van der Waals surface area contributed by atoms with E-state index in [2.05, 4.69) is 35.3 Å². The number of carbonyl (C=O) groups excluding carboxylic acids is 2. The van der Waals surface area contributed by atoms with Gasteiger partial charge in [-0.25, -0.2) is 0 Å². The molecule has 0 atom stereocenters. The van der Waals surface area contributed by atoms with Gasteiger partial charge in [0.2, 0.25) is 23.5 Å². The summed E-state index contributed by atoms with van der Waals surface area (Å²) < 4.78 is 22.1. The zero-order chi connectivity index (χ0) is 26.4. The summed E-state index contributed by atoms with van der Waals surface area (Å²) in [7, 11) is 2.93. The number of ether oxygens (including phenoxy) is 4. The van der Waals surface area contributed by atoms with Crippen LogP contribution in [0.3, 0.4) is 0 Å². The molecule has 0 aliphatic heterocycles.